The highest BCUT2D eigenvalue weighted by Gasteiger charge is 2.39. The highest BCUT2D eigenvalue weighted by atomic mass is 16.5. The van der Waals surface area contributed by atoms with E-state index in [0.717, 1.165) is 6.42 Å². The van der Waals surface area contributed by atoms with Gasteiger partial charge in [0.15, 0.2) is 0 Å². The molecule has 21 heavy (non-hydrogen) atoms. The number of morpholine rings is 1. The predicted octanol–water partition coefficient (Wildman–Crippen LogP) is -0.269. The first-order valence-corrected chi connectivity index (χ1v) is 7.26. The Labute approximate surface area is 123 Å². The molecule has 1 aromatic rings. The molecule has 7 nitrogen and oxygen atoms in total. The van der Waals surface area contributed by atoms with Crippen LogP contribution in [0.1, 0.15) is 12.8 Å². The fraction of sp³-hybridized carbons (Fsp3) is 0.643. The Morgan fingerprint density at radius 3 is 3.14 bits per heavy atom. The summed E-state index contributed by atoms with van der Waals surface area (Å²) in [4.78, 5) is 31.5. The van der Waals surface area contributed by atoms with Crippen LogP contribution in [0.5, 0.6) is 0 Å². The van der Waals surface area contributed by atoms with Crippen molar-refractivity contribution in [1.29, 1.82) is 0 Å². The van der Waals surface area contributed by atoms with Gasteiger partial charge in [-0.1, -0.05) is 0 Å². The maximum atomic E-state index is 12.3. The number of imidazole rings is 1. The monoisotopic (exact) mass is 292 g/mol. The van der Waals surface area contributed by atoms with E-state index >= 15 is 0 Å². The highest BCUT2D eigenvalue weighted by molar-refractivity contribution is 5.79. The number of hydrogen-bond donors (Lipinski definition) is 0. The van der Waals surface area contributed by atoms with Crippen LogP contribution >= 0.6 is 0 Å². The number of likely N-dealkylation sites (N-methyl/N-ethyl adjacent to an activating group) is 1. The van der Waals surface area contributed by atoms with E-state index in [2.05, 4.69) is 4.98 Å². The lowest BCUT2D eigenvalue weighted by atomic mass is 9.99. The van der Waals surface area contributed by atoms with Gasteiger partial charge in [0.1, 0.15) is 6.61 Å². The SMILES string of the molecule is CN1C(=O)CO[C@H]2CCN(C(=O)CCn3ccnc3)C[C@@H]21. The number of aromatic nitrogens is 2. The molecule has 3 rings (SSSR count). The van der Waals surface area contributed by atoms with Gasteiger partial charge >= 0.3 is 0 Å². The first-order valence-electron chi connectivity index (χ1n) is 7.26. The van der Waals surface area contributed by atoms with Crippen LogP contribution in [0.3, 0.4) is 0 Å². The predicted molar refractivity (Wildman–Crippen MR) is 74.3 cm³/mol. The van der Waals surface area contributed by atoms with Gasteiger partial charge in [0.05, 0.1) is 18.5 Å². The molecule has 2 aliphatic rings. The molecule has 2 saturated heterocycles. The molecule has 0 bridgehead atoms. The molecule has 0 aromatic carbocycles. The van der Waals surface area contributed by atoms with Crippen molar-refractivity contribution < 1.29 is 14.3 Å². The van der Waals surface area contributed by atoms with E-state index in [9.17, 15) is 9.59 Å². The second-order valence-electron chi connectivity index (χ2n) is 5.60. The third-order valence-electron chi connectivity index (χ3n) is 4.33. The summed E-state index contributed by atoms with van der Waals surface area (Å²) in [6.07, 6.45) is 6.56. The third kappa shape index (κ3) is 2.92. The molecule has 2 fully saturated rings. The number of carbonyl (C=O) groups excluding carboxylic acids is 2. The fourth-order valence-electron chi connectivity index (χ4n) is 2.97. The standard InChI is InChI=1S/C14H20N4O3/c1-16-11-8-18(6-2-12(11)21-9-14(16)20)13(19)3-5-17-7-4-15-10-17/h4,7,10-12H,2-3,5-6,8-9H2,1H3/t11-,12-/m0/s1. The van der Waals surface area contributed by atoms with Crippen LogP contribution < -0.4 is 0 Å². The van der Waals surface area contributed by atoms with Gasteiger partial charge < -0.3 is 19.1 Å². The maximum Gasteiger partial charge on any atom is 0.248 e. The quantitative estimate of drug-likeness (QED) is 0.769. The molecule has 3 heterocycles. The molecule has 0 radical (unpaired) electrons. The maximum absolute atomic E-state index is 12.3. The third-order valence-corrected chi connectivity index (χ3v) is 4.33. The molecule has 114 valence electrons. The first kappa shape index (κ1) is 14.1. The molecule has 0 aliphatic carbocycles. The zero-order valence-electron chi connectivity index (χ0n) is 12.1. The highest BCUT2D eigenvalue weighted by Crippen LogP contribution is 2.23. The average Bonchev–Trinajstić information content (AvgIpc) is 3.02. The Balaban J connectivity index is 1.56. The van der Waals surface area contributed by atoms with Crippen LogP contribution in [-0.4, -0.2) is 70.1 Å². The molecule has 0 unspecified atom stereocenters. The number of piperidine rings is 1. The van der Waals surface area contributed by atoms with Gasteiger partial charge in [0.25, 0.3) is 0 Å². The zero-order valence-corrected chi connectivity index (χ0v) is 12.1. The summed E-state index contributed by atoms with van der Waals surface area (Å²) < 4.78 is 7.46. The Kier molecular flexibility index (Phi) is 3.92. The number of amides is 2. The zero-order chi connectivity index (χ0) is 14.8. The van der Waals surface area contributed by atoms with Crippen molar-refractivity contribution in [3.8, 4) is 0 Å². The second-order valence-corrected chi connectivity index (χ2v) is 5.60. The van der Waals surface area contributed by atoms with Crippen LogP contribution in [0.25, 0.3) is 0 Å². The Morgan fingerprint density at radius 1 is 1.52 bits per heavy atom. The van der Waals surface area contributed by atoms with Crippen LogP contribution in [0, 0.1) is 0 Å². The Bertz CT molecular complexity index is 516. The topological polar surface area (TPSA) is 67.7 Å². The molecule has 1 aromatic heterocycles. The summed E-state index contributed by atoms with van der Waals surface area (Å²) in [6.45, 7) is 2.06. The Hall–Kier alpha value is -1.89. The number of likely N-dealkylation sites (tertiary alicyclic amines) is 1. The van der Waals surface area contributed by atoms with Gasteiger partial charge in [-0.15, -0.1) is 0 Å². The molecule has 2 atom stereocenters. The second kappa shape index (κ2) is 5.85. The molecular formula is C14H20N4O3. The van der Waals surface area contributed by atoms with Crippen molar-refractivity contribution in [3.05, 3.63) is 18.7 Å². The molecule has 2 aliphatic heterocycles. The Morgan fingerprint density at radius 2 is 2.38 bits per heavy atom. The lowest BCUT2D eigenvalue weighted by Gasteiger charge is -2.45. The number of fused-ring (bicyclic) bond motifs is 1. The molecule has 7 heteroatoms. The van der Waals surface area contributed by atoms with E-state index in [-0.39, 0.29) is 30.6 Å². The summed E-state index contributed by atoms with van der Waals surface area (Å²) in [5.74, 6) is 0.109. The number of carbonyl (C=O) groups is 2. The smallest absolute Gasteiger partial charge is 0.248 e. The van der Waals surface area contributed by atoms with Crippen molar-refractivity contribution in [2.24, 2.45) is 0 Å². The minimum absolute atomic E-state index is 0.0102. The van der Waals surface area contributed by atoms with Crippen LogP contribution in [-0.2, 0) is 20.9 Å². The summed E-state index contributed by atoms with van der Waals surface area (Å²) in [7, 11) is 1.79. The number of aryl methyl sites for hydroxylation is 1. The summed E-state index contributed by atoms with van der Waals surface area (Å²) in [5.41, 5.74) is 0. The van der Waals surface area contributed by atoms with Crippen LogP contribution in [0.15, 0.2) is 18.7 Å². The average molecular weight is 292 g/mol. The normalized spacial score (nSPS) is 25.9. The number of nitrogens with zero attached hydrogens (tertiary/aromatic N) is 4. The van der Waals surface area contributed by atoms with Gasteiger partial charge in [0.2, 0.25) is 11.8 Å². The molecule has 0 N–H and O–H groups in total. The number of hydrogen-bond acceptors (Lipinski definition) is 4. The van der Waals surface area contributed by atoms with Gasteiger partial charge in [-0.25, -0.2) is 4.98 Å². The van der Waals surface area contributed by atoms with Gasteiger partial charge in [-0.3, -0.25) is 9.59 Å². The van der Waals surface area contributed by atoms with E-state index in [1.165, 1.54) is 0 Å². The van der Waals surface area contributed by atoms with Gasteiger partial charge in [0, 0.05) is 45.5 Å². The largest absolute Gasteiger partial charge is 0.366 e. The van der Waals surface area contributed by atoms with E-state index in [4.69, 9.17) is 4.74 Å². The minimum atomic E-state index is -0.0165. The number of rotatable bonds is 3. The lowest BCUT2D eigenvalue weighted by Crippen LogP contribution is -2.61. The number of ether oxygens (including phenoxy) is 1. The van der Waals surface area contributed by atoms with Crippen molar-refractivity contribution >= 4 is 11.8 Å². The minimum Gasteiger partial charge on any atom is -0.366 e. The van der Waals surface area contributed by atoms with Crippen molar-refractivity contribution in [2.75, 3.05) is 26.7 Å². The van der Waals surface area contributed by atoms with Gasteiger partial charge in [-0.2, -0.15) is 0 Å². The molecule has 2 amide bonds. The summed E-state index contributed by atoms with van der Waals surface area (Å²) in [6, 6.07) is -0.0165. The molecular weight excluding hydrogens is 272 g/mol. The van der Waals surface area contributed by atoms with E-state index in [0.29, 0.717) is 26.1 Å². The van der Waals surface area contributed by atoms with Gasteiger partial charge in [-0.05, 0) is 6.42 Å². The van der Waals surface area contributed by atoms with Crippen LogP contribution in [0.4, 0.5) is 0 Å². The molecule has 0 saturated carbocycles. The van der Waals surface area contributed by atoms with E-state index < -0.39 is 0 Å². The summed E-state index contributed by atoms with van der Waals surface area (Å²) in [5, 5.41) is 0. The van der Waals surface area contributed by atoms with Crippen molar-refractivity contribution in [1.82, 2.24) is 19.4 Å². The van der Waals surface area contributed by atoms with Crippen molar-refractivity contribution in [2.45, 2.75) is 31.5 Å². The summed E-state index contributed by atoms with van der Waals surface area (Å²) >= 11 is 0. The van der Waals surface area contributed by atoms with E-state index in [1.54, 1.807) is 24.5 Å². The fourth-order valence-corrected chi connectivity index (χ4v) is 2.97. The van der Waals surface area contributed by atoms with Crippen molar-refractivity contribution in [3.63, 3.8) is 0 Å². The van der Waals surface area contributed by atoms with Crippen LogP contribution in [0.2, 0.25) is 0 Å². The molecule has 0 spiro atoms. The van der Waals surface area contributed by atoms with E-state index in [1.807, 2.05) is 15.7 Å². The first-order chi connectivity index (χ1) is 10.1. The lowest BCUT2D eigenvalue weighted by molar-refractivity contribution is -0.163.